The van der Waals surface area contributed by atoms with Gasteiger partial charge in [0.05, 0.1) is 16.6 Å². The molecule has 1 amide bonds. The van der Waals surface area contributed by atoms with Gasteiger partial charge < -0.3 is 5.32 Å². The highest BCUT2D eigenvalue weighted by Gasteiger charge is 2.10. The molecule has 5 heteroatoms. The van der Waals surface area contributed by atoms with Crippen LogP contribution in [0.15, 0.2) is 36.4 Å². The van der Waals surface area contributed by atoms with Gasteiger partial charge in [-0.05, 0) is 48.7 Å². The maximum Gasteiger partial charge on any atom is 0.230 e. The van der Waals surface area contributed by atoms with Crippen LogP contribution in [-0.2, 0) is 11.2 Å². The van der Waals surface area contributed by atoms with Gasteiger partial charge in [0.1, 0.15) is 0 Å². The van der Waals surface area contributed by atoms with Crippen LogP contribution in [0, 0.1) is 13.8 Å². The molecule has 0 bridgehead atoms. The Bertz CT molecular complexity index is 840. The van der Waals surface area contributed by atoms with Crippen molar-refractivity contribution in [2.45, 2.75) is 20.3 Å². The van der Waals surface area contributed by atoms with Crippen molar-refractivity contribution in [3.63, 3.8) is 0 Å². The highest BCUT2D eigenvalue weighted by atomic mass is 35.5. The number of amides is 1. The third kappa shape index (κ3) is 3.29. The number of benzene rings is 2. The Hall–Kier alpha value is -1.91. The topological polar surface area (TPSA) is 42.0 Å². The van der Waals surface area contributed by atoms with Crippen molar-refractivity contribution in [1.29, 1.82) is 0 Å². The SMILES string of the molecule is Cc1cc(C)c2nc(NC(=O)Cc3ccc(Cl)cc3)sc2c1. The molecule has 3 aromatic rings. The second-order valence-electron chi connectivity index (χ2n) is 5.30. The molecule has 1 heterocycles. The third-order valence-corrected chi connectivity index (χ3v) is 4.52. The minimum absolute atomic E-state index is 0.0734. The number of carbonyl (C=O) groups excluding carboxylic acids is 1. The molecule has 3 rings (SSSR count). The summed E-state index contributed by atoms with van der Waals surface area (Å²) in [6.07, 6.45) is 0.311. The maximum atomic E-state index is 12.1. The molecule has 0 fully saturated rings. The summed E-state index contributed by atoms with van der Waals surface area (Å²) in [5.74, 6) is -0.0734. The first-order chi connectivity index (χ1) is 10.5. The second kappa shape index (κ2) is 6.07. The largest absolute Gasteiger partial charge is 0.302 e. The number of thiazole rings is 1. The average molecular weight is 331 g/mol. The molecule has 3 nitrogen and oxygen atoms in total. The minimum Gasteiger partial charge on any atom is -0.302 e. The molecule has 0 radical (unpaired) electrons. The number of hydrogen-bond acceptors (Lipinski definition) is 3. The van der Waals surface area contributed by atoms with Gasteiger partial charge in [-0.2, -0.15) is 0 Å². The van der Waals surface area contributed by atoms with Gasteiger partial charge in [-0.15, -0.1) is 0 Å². The summed E-state index contributed by atoms with van der Waals surface area (Å²) < 4.78 is 1.10. The van der Waals surface area contributed by atoms with Crippen LogP contribution in [0.2, 0.25) is 5.02 Å². The monoisotopic (exact) mass is 330 g/mol. The zero-order chi connectivity index (χ0) is 15.7. The Labute approximate surface area is 138 Å². The maximum absolute atomic E-state index is 12.1. The molecule has 0 aliphatic carbocycles. The lowest BCUT2D eigenvalue weighted by Crippen LogP contribution is -2.14. The van der Waals surface area contributed by atoms with Crippen LogP contribution in [0.1, 0.15) is 16.7 Å². The van der Waals surface area contributed by atoms with Crippen LogP contribution in [0.25, 0.3) is 10.2 Å². The lowest BCUT2D eigenvalue weighted by atomic mass is 10.1. The van der Waals surface area contributed by atoms with Crippen LogP contribution in [-0.4, -0.2) is 10.9 Å². The van der Waals surface area contributed by atoms with E-state index in [1.807, 2.05) is 19.1 Å². The van der Waals surface area contributed by atoms with Crippen molar-refractivity contribution in [2.24, 2.45) is 0 Å². The first kappa shape index (κ1) is 15.0. The highest BCUT2D eigenvalue weighted by Crippen LogP contribution is 2.29. The molecule has 0 spiro atoms. The van der Waals surface area contributed by atoms with E-state index in [1.54, 1.807) is 12.1 Å². The van der Waals surface area contributed by atoms with E-state index in [0.717, 1.165) is 21.3 Å². The van der Waals surface area contributed by atoms with Crippen molar-refractivity contribution in [2.75, 3.05) is 5.32 Å². The number of halogens is 1. The van der Waals surface area contributed by atoms with E-state index in [2.05, 4.69) is 29.4 Å². The molecule has 1 aromatic heterocycles. The Kier molecular flexibility index (Phi) is 4.14. The highest BCUT2D eigenvalue weighted by molar-refractivity contribution is 7.22. The number of rotatable bonds is 3. The van der Waals surface area contributed by atoms with Gasteiger partial charge in [0.2, 0.25) is 5.91 Å². The zero-order valence-electron chi connectivity index (χ0n) is 12.3. The molecule has 0 saturated heterocycles. The lowest BCUT2D eigenvalue weighted by molar-refractivity contribution is -0.115. The molecule has 2 aromatic carbocycles. The summed E-state index contributed by atoms with van der Waals surface area (Å²) in [6, 6.07) is 11.5. The summed E-state index contributed by atoms with van der Waals surface area (Å²) in [5, 5.41) is 4.19. The summed E-state index contributed by atoms with van der Waals surface area (Å²) in [4.78, 5) is 16.6. The van der Waals surface area contributed by atoms with Crippen LogP contribution < -0.4 is 5.32 Å². The summed E-state index contributed by atoms with van der Waals surface area (Å²) in [5.41, 5.74) is 4.21. The summed E-state index contributed by atoms with van der Waals surface area (Å²) in [6.45, 7) is 4.10. The van der Waals surface area contributed by atoms with E-state index in [4.69, 9.17) is 11.6 Å². The summed E-state index contributed by atoms with van der Waals surface area (Å²) in [7, 11) is 0. The predicted octanol–water partition coefficient (Wildman–Crippen LogP) is 4.75. The van der Waals surface area contributed by atoms with E-state index in [-0.39, 0.29) is 5.91 Å². The van der Waals surface area contributed by atoms with Crippen molar-refractivity contribution in [3.8, 4) is 0 Å². The molecule has 0 unspecified atom stereocenters. The molecule has 0 saturated carbocycles. The minimum atomic E-state index is -0.0734. The standard InChI is InChI=1S/C17H15ClN2OS/c1-10-7-11(2)16-14(8-10)22-17(20-16)19-15(21)9-12-3-5-13(18)6-4-12/h3-8H,9H2,1-2H3,(H,19,20,21). The average Bonchev–Trinajstić information content (AvgIpc) is 2.84. The van der Waals surface area contributed by atoms with Crippen molar-refractivity contribution in [1.82, 2.24) is 4.98 Å². The van der Waals surface area contributed by atoms with Gasteiger partial charge in [0, 0.05) is 5.02 Å². The molecule has 0 aliphatic heterocycles. The molecule has 22 heavy (non-hydrogen) atoms. The van der Waals surface area contributed by atoms with Gasteiger partial charge in [-0.1, -0.05) is 41.1 Å². The number of fused-ring (bicyclic) bond motifs is 1. The van der Waals surface area contributed by atoms with Gasteiger partial charge in [-0.25, -0.2) is 4.98 Å². The van der Waals surface area contributed by atoms with E-state index < -0.39 is 0 Å². The smallest absolute Gasteiger partial charge is 0.230 e. The molecule has 0 aliphatic rings. The Morgan fingerprint density at radius 2 is 1.95 bits per heavy atom. The fraction of sp³-hybridized carbons (Fsp3) is 0.176. The van der Waals surface area contributed by atoms with E-state index in [1.165, 1.54) is 16.9 Å². The number of nitrogens with zero attached hydrogens (tertiary/aromatic N) is 1. The van der Waals surface area contributed by atoms with Gasteiger partial charge in [0.25, 0.3) is 0 Å². The van der Waals surface area contributed by atoms with Crippen LogP contribution in [0.3, 0.4) is 0 Å². The normalized spacial score (nSPS) is 10.9. The van der Waals surface area contributed by atoms with Crippen LogP contribution in [0.4, 0.5) is 5.13 Å². The zero-order valence-corrected chi connectivity index (χ0v) is 13.9. The summed E-state index contributed by atoms with van der Waals surface area (Å²) >= 11 is 7.34. The number of nitrogens with one attached hydrogen (secondary N) is 1. The van der Waals surface area contributed by atoms with Crippen LogP contribution >= 0.6 is 22.9 Å². The van der Waals surface area contributed by atoms with Crippen LogP contribution in [0.5, 0.6) is 0 Å². The molecule has 0 atom stereocenters. The number of aromatic nitrogens is 1. The van der Waals surface area contributed by atoms with E-state index in [0.29, 0.717) is 16.6 Å². The number of anilines is 1. The van der Waals surface area contributed by atoms with E-state index in [9.17, 15) is 4.79 Å². The number of carbonyl (C=O) groups is 1. The van der Waals surface area contributed by atoms with E-state index >= 15 is 0 Å². The third-order valence-electron chi connectivity index (χ3n) is 3.35. The Morgan fingerprint density at radius 1 is 1.23 bits per heavy atom. The van der Waals surface area contributed by atoms with Gasteiger partial charge in [-0.3, -0.25) is 4.79 Å². The van der Waals surface area contributed by atoms with Crippen molar-refractivity contribution >= 4 is 44.2 Å². The first-order valence-corrected chi connectivity index (χ1v) is 8.13. The Balaban J connectivity index is 1.76. The van der Waals surface area contributed by atoms with Gasteiger partial charge >= 0.3 is 0 Å². The van der Waals surface area contributed by atoms with Crippen molar-refractivity contribution < 1.29 is 4.79 Å². The quantitative estimate of drug-likeness (QED) is 0.753. The molecule has 1 N–H and O–H groups in total. The van der Waals surface area contributed by atoms with Gasteiger partial charge in [0.15, 0.2) is 5.13 Å². The molecular formula is C17H15ClN2OS. The molecular weight excluding hydrogens is 316 g/mol. The molecule has 112 valence electrons. The Morgan fingerprint density at radius 3 is 2.68 bits per heavy atom. The lowest BCUT2D eigenvalue weighted by Gasteiger charge is -2.02. The fourth-order valence-electron chi connectivity index (χ4n) is 2.38. The second-order valence-corrected chi connectivity index (χ2v) is 6.77. The fourth-order valence-corrected chi connectivity index (χ4v) is 3.56. The predicted molar refractivity (Wildman–Crippen MR) is 92.9 cm³/mol. The number of hydrogen-bond donors (Lipinski definition) is 1. The number of aryl methyl sites for hydroxylation is 2. The van der Waals surface area contributed by atoms with Crippen molar-refractivity contribution in [3.05, 3.63) is 58.1 Å². The first-order valence-electron chi connectivity index (χ1n) is 6.93.